The van der Waals surface area contributed by atoms with Crippen LogP contribution in [0.5, 0.6) is 0 Å². The summed E-state index contributed by atoms with van der Waals surface area (Å²) in [5.74, 6) is 1.26. The first-order valence-corrected chi connectivity index (χ1v) is 11.0. The van der Waals surface area contributed by atoms with E-state index in [1.54, 1.807) is 24.5 Å². The molecule has 0 saturated carbocycles. The van der Waals surface area contributed by atoms with E-state index in [-0.39, 0.29) is 24.2 Å². The third-order valence-electron chi connectivity index (χ3n) is 5.95. The number of aromatic nitrogens is 4. The van der Waals surface area contributed by atoms with Crippen molar-refractivity contribution in [2.45, 2.75) is 38.6 Å². The van der Waals surface area contributed by atoms with Gasteiger partial charge in [-0.25, -0.2) is 19.3 Å². The monoisotopic (exact) mass is 436 g/mol. The lowest BCUT2D eigenvalue weighted by atomic mass is 9.89. The molecule has 0 unspecified atom stereocenters. The second-order valence-electron chi connectivity index (χ2n) is 8.35. The van der Waals surface area contributed by atoms with Crippen LogP contribution in [0.4, 0.5) is 10.3 Å². The van der Waals surface area contributed by atoms with Crippen molar-refractivity contribution in [1.82, 2.24) is 24.4 Å². The van der Waals surface area contributed by atoms with Gasteiger partial charge in [0.15, 0.2) is 0 Å². The maximum atomic E-state index is 14.6. The highest BCUT2D eigenvalue weighted by atomic mass is 19.1. The van der Waals surface area contributed by atoms with Crippen LogP contribution in [0.2, 0.25) is 0 Å². The quantitative estimate of drug-likeness (QED) is 0.592. The summed E-state index contributed by atoms with van der Waals surface area (Å²) in [6, 6.07) is 6.69. The molecule has 8 heteroatoms. The summed E-state index contributed by atoms with van der Waals surface area (Å²) in [7, 11) is 3.77. The summed E-state index contributed by atoms with van der Waals surface area (Å²) in [6.45, 7) is 3.58. The van der Waals surface area contributed by atoms with Crippen LogP contribution in [0.1, 0.15) is 37.2 Å². The number of anilines is 1. The van der Waals surface area contributed by atoms with Crippen LogP contribution in [-0.4, -0.2) is 57.5 Å². The first-order chi connectivity index (χ1) is 15.5. The lowest BCUT2D eigenvalue weighted by molar-refractivity contribution is -0.133. The molecule has 32 heavy (non-hydrogen) atoms. The van der Waals surface area contributed by atoms with E-state index in [0.717, 1.165) is 30.8 Å². The Morgan fingerprint density at radius 1 is 1.22 bits per heavy atom. The van der Waals surface area contributed by atoms with Crippen molar-refractivity contribution in [3.05, 3.63) is 60.2 Å². The van der Waals surface area contributed by atoms with Crippen LogP contribution < -0.4 is 4.90 Å². The third kappa shape index (κ3) is 4.49. The lowest BCUT2D eigenvalue weighted by Gasteiger charge is -2.33. The van der Waals surface area contributed by atoms with Gasteiger partial charge in [0.2, 0.25) is 11.9 Å². The molecule has 0 aliphatic carbocycles. The van der Waals surface area contributed by atoms with Gasteiger partial charge in [-0.2, -0.15) is 0 Å². The van der Waals surface area contributed by atoms with E-state index in [1.807, 2.05) is 47.6 Å². The van der Waals surface area contributed by atoms with Crippen LogP contribution in [0.25, 0.3) is 11.1 Å². The standard InChI is InChI=1S/C24H29FN6O/c1-4-21-26-11-13-30(21)16-22(32)31-12-7-8-17(15-31)23-19(14-27-24(28-23)29(2)3)18-9-5-6-10-20(18)25/h5-6,9-11,13-14,17H,4,7-8,12,15-16H2,1-3H3/t17-/m0/s1. The third-order valence-corrected chi connectivity index (χ3v) is 5.95. The Morgan fingerprint density at radius 3 is 2.78 bits per heavy atom. The number of carbonyl (C=O) groups excluding carboxylic acids is 1. The van der Waals surface area contributed by atoms with Gasteiger partial charge in [-0.1, -0.05) is 25.1 Å². The van der Waals surface area contributed by atoms with Gasteiger partial charge >= 0.3 is 0 Å². The number of benzene rings is 1. The molecule has 1 saturated heterocycles. The van der Waals surface area contributed by atoms with E-state index in [2.05, 4.69) is 9.97 Å². The van der Waals surface area contributed by atoms with Gasteiger partial charge in [0.1, 0.15) is 18.2 Å². The minimum Gasteiger partial charge on any atom is -0.347 e. The highest BCUT2D eigenvalue weighted by Crippen LogP contribution is 2.35. The van der Waals surface area contributed by atoms with Gasteiger partial charge < -0.3 is 14.4 Å². The summed E-state index contributed by atoms with van der Waals surface area (Å²) >= 11 is 0. The molecular formula is C24H29FN6O. The number of carbonyl (C=O) groups is 1. The molecule has 3 heterocycles. The van der Waals surface area contributed by atoms with E-state index in [0.29, 0.717) is 30.2 Å². The molecule has 168 valence electrons. The largest absolute Gasteiger partial charge is 0.347 e. The highest BCUT2D eigenvalue weighted by Gasteiger charge is 2.29. The van der Waals surface area contributed by atoms with Crippen LogP contribution in [-0.2, 0) is 17.8 Å². The zero-order valence-corrected chi connectivity index (χ0v) is 18.8. The van der Waals surface area contributed by atoms with Crippen molar-refractivity contribution >= 4 is 11.9 Å². The molecule has 1 fully saturated rings. The predicted molar refractivity (Wildman–Crippen MR) is 122 cm³/mol. The fraction of sp³-hybridized carbons (Fsp3) is 0.417. The van der Waals surface area contributed by atoms with Crippen molar-refractivity contribution in [2.24, 2.45) is 0 Å². The molecule has 7 nitrogen and oxygen atoms in total. The van der Waals surface area contributed by atoms with E-state index < -0.39 is 0 Å². The predicted octanol–water partition coefficient (Wildman–Crippen LogP) is 3.51. The molecule has 1 amide bonds. The molecule has 1 aliphatic rings. The van der Waals surface area contributed by atoms with Gasteiger partial charge in [0, 0.05) is 69.2 Å². The van der Waals surface area contributed by atoms with E-state index in [9.17, 15) is 9.18 Å². The van der Waals surface area contributed by atoms with Crippen LogP contribution in [0.3, 0.4) is 0 Å². The Hall–Kier alpha value is -3.29. The molecule has 2 aromatic heterocycles. The fourth-order valence-corrected chi connectivity index (χ4v) is 4.27. The van der Waals surface area contributed by atoms with Crippen molar-refractivity contribution in [2.75, 3.05) is 32.1 Å². The number of piperidine rings is 1. The Labute approximate surface area is 187 Å². The highest BCUT2D eigenvalue weighted by molar-refractivity contribution is 5.76. The normalized spacial score (nSPS) is 16.2. The lowest BCUT2D eigenvalue weighted by Crippen LogP contribution is -2.41. The Morgan fingerprint density at radius 2 is 2.03 bits per heavy atom. The topological polar surface area (TPSA) is 67.2 Å². The number of rotatable bonds is 6. The van der Waals surface area contributed by atoms with E-state index in [4.69, 9.17) is 4.98 Å². The minimum absolute atomic E-state index is 0.0115. The number of hydrogen-bond acceptors (Lipinski definition) is 5. The first-order valence-electron chi connectivity index (χ1n) is 11.0. The van der Waals surface area contributed by atoms with Crippen LogP contribution >= 0.6 is 0 Å². The number of imidazole rings is 1. The van der Waals surface area contributed by atoms with E-state index in [1.165, 1.54) is 6.07 Å². The summed E-state index contributed by atoms with van der Waals surface area (Å²) < 4.78 is 16.5. The smallest absolute Gasteiger partial charge is 0.242 e. The molecule has 0 bridgehead atoms. The van der Waals surface area contributed by atoms with Gasteiger partial charge in [0.05, 0.1) is 5.69 Å². The first kappa shape index (κ1) is 21.9. The van der Waals surface area contributed by atoms with E-state index >= 15 is 0 Å². The van der Waals surface area contributed by atoms with Gasteiger partial charge in [-0.3, -0.25) is 4.79 Å². The van der Waals surface area contributed by atoms with Gasteiger partial charge in [-0.05, 0) is 18.9 Å². The molecule has 1 atom stereocenters. The SMILES string of the molecule is CCc1nccn1CC(=O)N1CCC[C@H](c2nc(N(C)C)ncc2-c2ccccc2F)C1. The molecule has 0 radical (unpaired) electrons. The number of likely N-dealkylation sites (tertiary alicyclic amines) is 1. The van der Waals surface area contributed by atoms with Gasteiger partial charge in [-0.15, -0.1) is 0 Å². The summed E-state index contributed by atoms with van der Waals surface area (Å²) in [5.41, 5.74) is 1.97. The van der Waals surface area contributed by atoms with Crippen LogP contribution in [0, 0.1) is 5.82 Å². The molecule has 0 N–H and O–H groups in total. The Kier molecular flexibility index (Phi) is 6.48. The number of halogens is 1. The zero-order chi connectivity index (χ0) is 22.7. The molecule has 1 aliphatic heterocycles. The van der Waals surface area contributed by atoms with Crippen molar-refractivity contribution in [1.29, 1.82) is 0 Å². The second kappa shape index (κ2) is 9.46. The van der Waals surface area contributed by atoms with Crippen molar-refractivity contribution < 1.29 is 9.18 Å². The van der Waals surface area contributed by atoms with Gasteiger partial charge in [0.25, 0.3) is 0 Å². The summed E-state index contributed by atoms with van der Waals surface area (Å²) in [4.78, 5) is 30.4. The van der Waals surface area contributed by atoms with Crippen LogP contribution in [0.15, 0.2) is 42.9 Å². The van der Waals surface area contributed by atoms with Crippen molar-refractivity contribution in [3.8, 4) is 11.1 Å². The summed E-state index contributed by atoms with van der Waals surface area (Å²) in [6.07, 6.45) is 7.83. The zero-order valence-electron chi connectivity index (χ0n) is 18.8. The number of nitrogens with zero attached hydrogens (tertiary/aromatic N) is 6. The van der Waals surface area contributed by atoms with Crippen molar-refractivity contribution in [3.63, 3.8) is 0 Å². The average molecular weight is 437 g/mol. The Bertz CT molecular complexity index is 1100. The Balaban J connectivity index is 1.63. The minimum atomic E-state index is -0.300. The number of hydrogen-bond donors (Lipinski definition) is 0. The summed E-state index contributed by atoms with van der Waals surface area (Å²) in [5, 5.41) is 0. The number of aryl methyl sites for hydroxylation is 1. The second-order valence-corrected chi connectivity index (χ2v) is 8.35. The average Bonchev–Trinajstić information content (AvgIpc) is 3.26. The molecule has 0 spiro atoms. The maximum Gasteiger partial charge on any atom is 0.242 e. The molecule has 3 aromatic rings. The fourth-order valence-electron chi connectivity index (χ4n) is 4.27. The maximum absolute atomic E-state index is 14.6. The number of amides is 1. The molecule has 4 rings (SSSR count). The molecular weight excluding hydrogens is 407 g/mol. The molecule has 1 aromatic carbocycles.